The molecule has 0 radical (unpaired) electrons. The Morgan fingerprint density at radius 3 is 2.69 bits per heavy atom. The molecule has 0 unspecified atom stereocenters. The summed E-state index contributed by atoms with van der Waals surface area (Å²) in [6, 6.07) is 5.48. The summed E-state index contributed by atoms with van der Waals surface area (Å²) >= 11 is 0. The van der Waals surface area contributed by atoms with Crippen molar-refractivity contribution in [3.05, 3.63) is 47.2 Å². The number of methoxy groups -OCH3 is 1. The number of aromatic nitrogens is 2. The van der Waals surface area contributed by atoms with Crippen LogP contribution in [0.15, 0.2) is 46.1 Å². The van der Waals surface area contributed by atoms with Crippen LogP contribution in [0.25, 0.3) is 16.6 Å². The molecule has 0 saturated carbocycles. The molecule has 148 valence electrons. The van der Waals surface area contributed by atoms with Crippen LogP contribution in [0, 0.1) is 0 Å². The van der Waals surface area contributed by atoms with Gasteiger partial charge in [-0.1, -0.05) is 6.08 Å². The minimum Gasteiger partial charge on any atom is -0.465 e. The van der Waals surface area contributed by atoms with Gasteiger partial charge in [0.1, 0.15) is 5.69 Å². The van der Waals surface area contributed by atoms with E-state index in [1.54, 1.807) is 12.1 Å². The number of fused-ring (bicyclic) bond motifs is 2. The monoisotopic (exact) mass is 389 g/mol. The molecule has 0 atom stereocenters. The van der Waals surface area contributed by atoms with E-state index in [0.717, 1.165) is 39.6 Å². The molecule has 2 heterocycles. The van der Waals surface area contributed by atoms with Gasteiger partial charge in [0.2, 0.25) is 0 Å². The van der Waals surface area contributed by atoms with E-state index in [-0.39, 0.29) is 12.0 Å². The number of rotatable bonds is 4. The van der Waals surface area contributed by atoms with Gasteiger partial charge in [0.25, 0.3) is 0 Å². The third-order valence-corrected chi connectivity index (χ3v) is 5.29. The Morgan fingerprint density at radius 1 is 1.17 bits per heavy atom. The van der Waals surface area contributed by atoms with Crippen molar-refractivity contribution in [2.75, 3.05) is 19.1 Å². The summed E-state index contributed by atoms with van der Waals surface area (Å²) in [4.78, 5) is 23.8. The van der Waals surface area contributed by atoms with Gasteiger partial charge in [0, 0.05) is 30.7 Å². The van der Waals surface area contributed by atoms with Crippen LogP contribution >= 0.6 is 0 Å². The van der Waals surface area contributed by atoms with Gasteiger partial charge in [-0.3, -0.25) is 0 Å². The number of benzene rings is 1. The number of carbonyl (C=O) groups excluding carboxylic acids is 1. The molecule has 0 N–H and O–H groups in total. The van der Waals surface area contributed by atoms with Gasteiger partial charge in [-0.25, -0.2) is 14.8 Å². The number of esters is 1. The molecule has 4 rings (SSSR count). The molecule has 2 aliphatic rings. The largest absolute Gasteiger partial charge is 0.465 e. The Labute approximate surface area is 169 Å². The third kappa shape index (κ3) is 3.33. The first-order chi connectivity index (χ1) is 13.9. The zero-order chi connectivity index (χ0) is 20.7. The number of carbonyl (C=O) groups is 1. The minimum absolute atomic E-state index is 0.230. The van der Waals surface area contributed by atoms with Gasteiger partial charge in [-0.15, -0.1) is 0 Å². The standard InChI is InChI=1S/C22H23N5O2/c1-12(2)27(4)21-20(14-6-8-17-16(10-14)13(3)25-26-17)23-18-9-7-15(22(28)29-5)11-19(18)24-21/h6-7,9-12H,8H2,1-5H3. The first kappa shape index (κ1) is 19.0. The highest BCUT2D eigenvalue weighted by Gasteiger charge is 2.24. The number of allylic oxidation sites excluding steroid dienone is 4. The maximum Gasteiger partial charge on any atom is 0.337 e. The molecule has 1 aliphatic carbocycles. The van der Waals surface area contributed by atoms with Crippen LogP contribution in [-0.4, -0.2) is 47.6 Å². The van der Waals surface area contributed by atoms with Crippen LogP contribution in [0.1, 0.15) is 43.2 Å². The second-order valence-corrected chi connectivity index (χ2v) is 7.45. The first-order valence-corrected chi connectivity index (χ1v) is 9.56. The summed E-state index contributed by atoms with van der Waals surface area (Å²) < 4.78 is 4.83. The smallest absolute Gasteiger partial charge is 0.337 e. The molecule has 0 fully saturated rings. The van der Waals surface area contributed by atoms with Gasteiger partial charge < -0.3 is 9.64 Å². The van der Waals surface area contributed by atoms with Crippen molar-refractivity contribution in [1.29, 1.82) is 0 Å². The summed E-state index contributed by atoms with van der Waals surface area (Å²) in [5.74, 6) is 0.379. The predicted octanol–water partition coefficient (Wildman–Crippen LogP) is 3.81. The van der Waals surface area contributed by atoms with Gasteiger partial charge in [-0.2, -0.15) is 10.2 Å². The third-order valence-electron chi connectivity index (χ3n) is 5.29. The summed E-state index contributed by atoms with van der Waals surface area (Å²) in [6.07, 6.45) is 4.92. The number of anilines is 1. The van der Waals surface area contributed by atoms with Gasteiger partial charge in [0.15, 0.2) is 5.82 Å². The van der Waals surface area contributed by atoms with Crippen LogP contribution in [0.3, 0.4) is 0 Å². The zero-order valence-electron chi connectivity index (χ0n) is 17.2. The highest BCUT2D eigenvalue weighted by Crippen LogP contribution is 2.33. The van der Waals surface area contributed by atoms with Gasteiger partial charge >= 0.3 is 5.97 Å². The second kappa shape index (κ2) is 7.24. The Balaban J connectivity index is 1.88. The van der Waals surface area contributed by atoms with E-state index >= 15 is 0 Å². The van der Waals surface area contributed by atoms with Crippen LogP contribution in [0.5, 0.6) is 0 Å². The lowest BCUT2D eigenvalue weighted by molar-refractivity contribution is 0.0601. The van der Waals surface area contributed by atoms with Crippen molar-refractivity contribution in [3.63, 3.8) is 0 Å². The normalized spacial score (nSPS) is 15.5. The Morgan fingerprint density at radius 2 is 1.97 bits per heavy atom. The fourth-order valence-electron chi connectivity index (χ4n) is 3.35. The van der Waals surface area contributed by atoms with Crippen LogP contribution < -0.4 is 4.90 Å². The molecule has 0 bridgehead atoms. The Kier molecular flexibility index (Phi) is 4.74. The summed E-state index contributed by atoms with van der Waals surface area (Å²) in [7, 11) is 3.37. The van der Waals surface area contributed by atoms with Crippen molar-refractivity contribution < 1.29 is 9.53 Å². The summed E-state index contributed by atoms with van der Waals surface area (Å²) in [6.45, 7) is 6.17. The molecule has 0 spiro atoms. The number of nitrogens with zero attached hydrogens (tertiary/aromatic N) is 5. The fraction of sp³-hybridized carbons (Fsp3) is 0.318. The van der Waals surface area contributed by atoms with E-state index in [4.69, 9.17) is 14.7 Å². The second-order valence-electron chi connectivity index (χ2n) is 7.45. The molecule has 29 heavy (non-hydrogen) atoms. The van der Waals surface area contributed by atoms with E-state index in [2.05, 4.69) is 41.1 Å². The van der Waals surface area contributed by atoms with E-state index in [1.807, 2.05) is 20.0 Å². The molecular formula is C22H23N5O2. The number of ether oxygens (including phenoxy) is 1. The van der Waals surface area contributed by atoms with Gasteiger partial charge in [0.05, 0.1) is 35.1 Å². The minimum atomic E-state index is -0.390. The van der Waals surface area contributed by atoms with Crippen LogP contribution in [0.2, 0.25) is 0 Å². The van der Waals surface area contributed by atoms with E-state index < -0.39 is 0 Å². The number of hydrogen-bond acceptors (Lipinski definition) is 7. The van der Waals surface area contributed by atoms with Crippen LogP contribution in [-0.2, 0) is 4.74 Å². The molecule has 1 aromatic heterocycles. The van der Waals surface area contributed by atoms with Crippen molar-refractivity contribution >= 4 is 39.8 Å². The quantitative estimate of drug-likeness (QED) is 0.743. The Hall–Kier alpha value is -3.35. The number of hydrogen-bond donors (Lipinski definition) is 0. The van der Waals surface area contributed by atoms with Crippen LogP contribution in [0.4, 0.5) is 5.82 Å². The van der Waals surface area contributed by atoms with Gasteiger partial charge in [-0.05, 0) is 45.0 Å². The van der Waals surface area contributed by atoms with Crippen molar-refractivity contribution in [2.45, 2.75) is 33.2 Å². The molecule has 7 nitrogen and oxygen atoms in total. The molecule has 7 heteroatoms. The molecule has 0 saturated heterocycles. The molecule has 1 aromatic carbocycles. The van der Waals surface area contributed by atoms with E-state index in [9.17, 15) is 4.79 Å². The molecule has 0 amide bonds. The topological polar surface area (TPSA) is 80.0 Å². The zero-order valence-corrected chi connectivity index (χ0v) is 17.2. The Bertz CT molecular complexity index is 1140. The highest BCUT2D eigenvalue weighted by atomic mass is 16.5. The first-order valence-electron chi connectivity index (χ1n) is 9.56. The summed E-state index contributed by atoms with van der Waals surface area (Å²) in [5, 5.41) is 8.43. The maximum atomic E-state index is 11.9. The summed E-state index contributed by atoms with van der Waals surface area (Å²) in [5.41, 5.74) is 6.62. The van der Waals surface area contributed by atoms with Crippen molar-refractivity contribution in [2.24, 2.45) is 10.2 Å². The lowest BCUT2D eigenvalue weighted by Crippen LogP contribution is -2.28. The lowest BCUT2D eigenvalue weighted by atomic mass is 9.93. The average Bonchev–Trinajstić information content (AvgIpc) is 3.11. The fourth-order valence-corrected chi connectivity index (χ4v) is 3.35. The van der Waals surface area contributed by atoms with Crippen molar-refractivity contribution in [3.8, 4) is 0 Å². The highest BCUT2D eigenvalue weighted by molar-refractivity contribution is 6.28. The molecular weight excluding hydrogens is 366 g/mol. The van der Waals surface area contributed by atoms with E-state index in [0.29, 0.717) is 17.5 Å². The lowest BCUT2D eigenvalue weighted by Gasteiger charge is -2.26. The molecule has 1 aliphatic heterocycles. The average molecular weight is 389 g/mol. The molecule has 2 aromatic rings. The predicted molar refractivity (Wildman–Crippen MR) is 116 cm³/mol. The maximum absolute atomic E-state index is 11.9. The van der Waals surface area contributed by atoms with Crippen molar-refractivity contribution in [1.82, 2.24) is 9.97 Å². The van der Waals surface area contributed by atoms with E-state index in [1.165, 1.54) is 7.11 Å². The SMILES string of the molecule is COC(=O)c1ccc2nc(C3=CCC4=NN=C(C)C4=C3)c(N(C)C(C)C)nc2c1.